The van der Waals surface area contributed by atoms with Crippen LogP contribution in [-0.2, 0) is 16.4 Å². The summed E-state index contributed by atoms with van der Waals surface area (Å²) in [6.07, 6.45) is 0.451. The first-order chi connectivity index (χ1) is 11.7. The predicted octanol–water partition coefficient (Wildman–Crippen LogP) is 3.47. The third-order valence-corrected chi connectivity index (χ3v) is 5.42. The number of nitrogens with zero attached hydrogens (tertiary/aromatic N) is 1. The molecule has 0 amide bonds. The summed E-state index contributed by atoms with van der Waals surface area (Å²) in [6, 6.07) is 8.99. The number of halogens is 1. The van der Waals surface area contributed by atoms with Crippen LogP contribution in [0.1, 0.15) is 22.8 Å². The minimum Gasteiger partial charge on any atom is -0.478 e. The largest absolute Gasteiger partial charge is 0.478 e. The molecule has 0 aliphatic rings. The van der Waals surface area contributed by atoms with E-state index < -0.39 is 16.0 Å². The molecular formula is C17H19ClN2O4S. The van der Waals surface area contributed by atoms with Crippen LogP contribution in [0.2, 0.25) is 5.02 Å². The fourth-order valence-corrected chi connectivity index (χ4v) is 4.23. The fourth-order valence-electron chi connectivity index (χ4n) is 2.48. The molecule has 0 bridgehead atoms. The molecule has 8 heteroatoms. The number of carboxylic acids is 1. The number of hydrogen-bond donors (Lipinski definition) is 2. The highest BCUT2D eigenvalue weighted by Crippen LogP contribution is 2.34. The Morgan fingerprint density at radius 1 is 1.24 bits per heavy atom. The lowest BCUT2D eigenvalue weighted by Crippen LogP contribution is -2.19. The number of benzene rings is 2. The maximum absolute atomic E-state index is 12.9. The number of rotatable bonds is 6. The Labute approximate surface area is 152 Å². The molecule has 134 valence electrons. The van der Waals surface area contributed by atoms with E-state index >= 15 is 0 Å². The molecule has 0 unspecified atom stereocenters. The number of nitrogens with one attached hydrogen (secondary N) is 1. The lowest BCUT2D eigenvalue weighted by Gasteiger charge is -2.20. The van der Waals surface area contributed by atoms with E-state index in [2.05, 4.69) is 4.72 Å². The Balaban J connectivity index is 2.56. The normalized spacial score (nSPS) is 11.2. The van der Waals surface area contributed by atoms with E-state index in [1.54, 1.807) is 44.1 Å². The number of hydrogen-bond acceptors (Lipinski definition) is 4. The van der Waals surface area contributed by atoms with Crippen molar-refractivity contribution in [2.24, 2.45) is 0 Å². The summed E-state index contributed by atoms with van der Waals surface area (Å²) in [7, 11) is -0.480. The summed E-state index contributed by atoms with van der Waals surface area (Å²) in [6.45, 7) is 1.80. The van der Waals surface area contributed by atoms with Crippen LogP contribution in [0.15, 0.2) is 41.3 Å². The SMILES string of the molecule is CCc1ccc(C(=O)O)cc1S(=O)(=O)Nc1cccc(Cl)c1N(C)C. The smallest absolute Gasteiger partial charge is 0.335 e. The zero-order chi connectivity index (χ0) is 18.8. The van der Waals surface area contributed by atoms with E-state index in [9.17, 15) is 13.2 Å². The van der Waals surface area contributed by atoms with Crippen molar-refractivity contribution in [2.45, 2.75) is 18.2 Å². The molecule has 0 heterocycles. The number of anilines is 2. The summed E-state index contributed by atoms with van der Waals surface area (Å²) in [5.41, 5.74) is 1.29. The fraction of sp³-hybridized carbons (Fsp3) is 0.235. The van der Waals surface area contributed by atoms with Crippen molar-refractivity contribution in [1.29, 1.82) is 0 Å². The first-order valence-electron chi connectivity index (χ1n) is 7.52. The second-order valence-corrected chi connectivity index (χ2v) is 7.68. The molecule has 0 atom stereocenters. The molecule has 6 nitrogen and oxygen atoms in total. The minimum absolute atomic E-state index is 0.0559. The van der Waals surface area contributed by atoms with Gasteiger partial charge >= 0.3 is 5.97 Å². The lowest BCUT2D eigenvalue weighted by atomic mass is 10.1. The van der Waals surface area contributed by atoms with Gasteiger partial charge in [0.2, 0.25) is 0 Å². The van der Waals surface area contributed by atoms with Gasteiger partial charge in [0.25, 0.3) is 10.0 Å². The number of para-hydroxylation sites is 1. The molecule has 2 rings (SSSR count). The van der Waals surface area contributed by atoms with Crippen molar-refractivity contribution >= 4 is 39.0 Å². The van der Waals surface area contributed by atoms with E-state index in [0.717, 1.165) is 0 Å². The van der Waals surface area contributed by atoms with Crippen LogP contribution < -0.4 is 9.62 Å². The van der Waals surface area contributed by atoms with Gasteiger partial charge in [0.15, 0.2) is 0 Å². The topological polar surface area (TPSA) is 86.7 Å². The van der Waals surface area contributed by atoms with E-state index in [1.165, 1.54) is 18.2 Å². The van der Waals surface area contributed by atoms with E-state index in [-0.39, 0.29) is 10.5 Å². The van der Waals surface area contributed by atoms with E-state index in [0.29, 0.717) is 28.4 Å². The van der Waals surface area contributed by atoms with Crippen LogP contribution in [0.4, 0.5) is 11.4 Å². The molecule has 2 N–H and O–H groups in total. The van der Waals surface area contributed by atoms with E-state index in [4.69, 9.17) is 16.7 Å². The standard InChI is InChI=1S/C17H19ClN2O4S/c1-4-11-8-9-12(17(21)22)10-15(11)25(23,24)19-14-7-5-6-13(18)16(14)20(2)3/h5-10,19H,4H2,1-3H3,(H,21,22). The van der Waals surface area contributed by atoms with Gasteiger partial charge in [-0.05, 0) is 36.2 Å². The average molecular weight is 383 g/mol. The van der Waals surface area contributed by atoms with E-state index in [1.807, 2.05) is 0 Å². The second kappa shape index (κ2) is 7.33. The second-order valence-electron chi connectivity index (χ2n) is 5.62. The van der Waals surface area contributed by atoms with Crippen molar-refractivity contribution < 1.29 is 18.3 Å². The highest BCUT2D eigenvalue weighted by Gasteiger charge is 2.22. The number of sulfonamides is 1. The summed E-state index contributed by atoms with van der Waals surface area (Å²) >= 11 is 6.17. The Morgan fingerprint density at radius 3 is 2.48 bits per heavy atom. The highest BCUT2D eigenvalue weighted by molar-refractivity contribution is 7.92. The van der Waals surface area contributed by atoms with Gasteiger partial charge in [-0.3, -0.25) is 4.72 Å². The zero-order valence-electron chi connectivity index (χ0n) is 14.1. The molecule has 0 saturated heterocycles. The van der Waals surface area contributed by atoms with Crippen molar-refractivity contribution in [3.05, 3.63) is 52.5 Å². The molecule has 0 fully saturated rings. The molecule has 0 radical (unpaired) electrons. The van der Waals surface area contributed by atoms with Crippen LogP contribution >= 0.6 is 11.6 Å². The molecule has 0 aromatic heterocycles. The van der Waals surface area contributed by atoms with Gasteiger partial charge in [0, 0.05) is 14.1 Å². The van der Waals surface area contributed by atoms with Gasteiger partial charge in [0.05, 0.1) is 26.9 Å². The maximum atomic E-state index is 12.9. The van der Waals surface area contributed by atoms with Crippen molar-refractivity contribution in [3.63, 3.8) is 0 Å². The van der Waals surface area contributed by atoms with Gasteiger partial charge < -0.3 is 10.0 Å². The molecule has 0 aliphatic heterocycles. The van der Waals surface area contributed by atoms with Gasteiger partial charge in [-0.2, -0.15) is 0 Å². The van der Waals surface area contributed by atoms with Crippen molar-refractivity contribution in [2.75, 3.05) is 23.7 Å². The molecule has 2 aromatic carbocycles. The van der Waals surface area contributed by atoms with Crippen LogP contribution in [-0.4, -0.2) is 33.6 Å². The van der Waals surface area contributed by atoms with Crippen molar-refractivity contribution in [1.82, 2.24) is 0 Å². The lowest BCUT2D eigenvalue weighted by molar-refractivity contribution is 0.0696. The minimum atomic E-state index is -3.98. The maximum Gasteiger partial charge on any atom is 0.335 e. The number of carbonyl (C=O) groups is 1. The number of carboxylic acid groups (broad SMARTS) is 1. The molecule has 0 spiro atoms. The average Bonchev–Trinajstić information content (AvgIpc) is 2.53. The number of aryl methyl sites for hydroxylation is 1. The van der Waals surface area contributed by atoms with Gasteiger partial charge in [-0.25, -0.2) is 13.2 Å². The summed E-state index contributed by atoms with van der Waals surface area (Å²) < 4.78 is 28.3. The van der Waals surface area contributed by atoms with Gasteiger partial charge in [-0.1, -0.05) is 30.7 Å². The molecule has 0 aliphatic carbocycles. The molecule has 2 aromatic rings. The Bertz CT molecular complexity index is 911. The first kappa shape index (κ1) is 19.1. The van der Waals surface area contributed by atoms with Crippen molar-refractivity contribution in [3.8, 4) is 0 Å². The Kier molecular flexibility index (Phi) is 5.59. The van der Waals surface area contributed by atoms with Gasteiger partial charge in [-0.15, -0.1) is 0 Å². The zero-order valence-corrected chi connectivity index (χ0v) is 15.6. The Morgan fingerprint density at radius 2 is 1.92 bits per heavy atom. The molecular weight excluding hydrogens is 364 g/mol. The van der Waals surface area contributed by atoms with Gasteiger partial charge in [0.1, 0.15) is 0 Å². The van der Waals surface area contributed by atoms with Crippen LogP contribution in [0.5, 0.6) is 0 Å². The van der Waals surface area contributed by atoms with Crippen LogP contribution in [0.25, 0.3) is 0 Å². The highest BCUT2D eigenvalue weighted by atomic mass is 35.5. The Hall–Kier alpha value is -2.25. The quantitative estimate of drug-likeness (QED) is 0.798. The summed E-state index contributed by atoms with van der Waals surface area (Å²) in [5.74, 6) is -1.18. The molecule has 0 saturated carbocycles. The number of aromatic carboxylic acids is 1. The first-order valence-corrected chi connectivity index (χ1v) is 9.38. The molecule has 25 heavy (non-hydrogen) atoms. The predicted molar refractivity (Wildman–Crippen MR) is 99.4 cm³/mol. The monoisotopic (exact) mass is 382 g/mol. The summed E-state index contributed by atoms with van der Waals surface area (Å²) in [5, 5.41) is 9.55. The van der Waals surface area contributed by atoms with Crippen LogP contribution in [0, 0.1) is 0 Å². The third-order valence-electron chi connectivity index (χ3n) is 3.66. The third kappa shape index (κ3) is 4.05. The van der Waals surface area contributed by atoms with Crippen LogP contribution in [0.3, 0.4) is 0 Å². The summed E-state index contributed by atoms with van der Waals surface area (Å²) in [4.78, 5) is 12.8.